The molecule has 134 valence electrons. The molecule has 0 fully saturated rings. The summed E-state index contributed by atoms with van der Waals surface area (Å²) in [5, 5.41) is 7.65. The first-order valence-corrected chi connectivity index (χ1v) is 9.50. The van der Waals surface area contributed by atoms with E-state index < -0.39 is 0 Å². The van der Waals surface area contributed by atoms with Gasteiger partial charge in [0.1, 0.15) is 5.75 Å². The number of ether oxygens (including phenoxy) is 1. The maximum absolute atomic E-state index is 12.2. The first-order valence-electron chi connectivity index (χ1n) is 8.62. The van der Waals surface area contributed by atoms with E-state index in [1.807, 2.05) is 60.8 Å². The minimum absolute atomic E-state index is 0.0476. The summed E-state index contributed by atoms with van der Waals surface area (Å²) >= 11 is 1.41. The summed E-state index contributed by atoms with van der Waals surface area (Å²) in [5.74, 6) is 0.486. The molecule has 4 nitrogen and oxygen atoms in total. The van der Waals surface area contributed by atoms with Crippen molar-refractivity contribution in [2.75, 3.05) is 11.9 Å². The van der Waals surface area contributed by atoms with E-state index in [1.165, 1.54) is 16.7 Å². The lowest BCUT2D eigenvalue weighted by Gasteiger charge is -2.08. The average molecular weight is 374 g/mol. The molecule has 0 saturated heterocycles. The number of hydrogen-bond donors (Lipinski definition) is 1. The lowest BCUT2D eigenvalue weighted by Crippen LogP contribution is -2.20. The Bertz CT molecular complexity index is 1100. The Morgan fingerprint density at radius 2 is 1.81 bits per heavy atom. The second-order valence-electron chi connectivity index (χ2n) is 6.17. The molecule has 1 N–H and O–H groups in total. The average Bonchev–Trinajstić information content (AvgIpc) is 3.15. The van der Waals surface area contributed by atoms with Gasteiger partial charge in [-0.3, -0.25) is 10.1 Å². The van der Waals surface area contributed by atoms with Crippen LogP contribution in [-0.2, 0) is 4.79 Å². The van der Waals surface area contributed by atoms with Gasteiger partial charge in [0.15, 0.2) is 11.7 Å². The molecule has 0 atom stereocenters. The van der Waals surface area contributed by atoms with E-state index in [0.29, 0.717) is 10.9 Å². The second kappa shape index (κ2) is 7.60. The van der Waals surface area contributed by atoms with Gasteiger partial charge in [0, 0.05) is 10.9 Å². The van der Waals surface area contributed by atoms with Gasteiger partial charge >= 0.3 is 0 Å². The fourth-order valence-electron chi connectivity index (χ4n) is 2.92. The molecule has 5 heteroatoms. The number of hydrogen-bond acceptors (Lipinski definition) is 4. The van der Waals surface area contributed by atoms with Gasteiger partial charge < -0.3 is 4.74 Å². The molecule has 0 spiro atoms. The van der Waals surface area contributed by atoms with E-state index in [9.17, 15) is 4.79 Å². The SMILES string of the molecule is Cc1ccccc1OCC(=O)Nc1nc(-c2cccc3ccccc23)cs1. The third kappa shape index (κ3) is 3.83. The van der Waals surface area contributed by atoms with E-state index in [0.717, 1.165) is 22.2 Å². The van der Waals surface area contributed by atoms with Crippen LogP contribution in [0.4, 0.5) is 5.13 Å². The van der Waals surface area contributed by atoms with Gasteiger partial charge in [0.05, 0.1) is 5.69 Å². The predicted molar refractivity (Wildman–Crippen MR) is 110 cm³/mol. The van der Waals surface area contributed by atoms with Crippen LogP contribution in [0.25, 0.3) is 22.0 Å². The topological polar surface area (TPSA) is 51.2 Å². The number of thiazole rings is 1. The summed E-state index contributed by atoms with van der Waals surface area (Å²) in [5.41, 5.74) is 2.91. The summed E-state index contributed by atoms with van der Waals surface area (Å²) in [6.45, 7) is 1.90. The van der Waals surface area contributed by atoms with Crippen LogP contribution in [0.5, 0.6) is 5.75 Å². The number of fused-ring (bicyclic) bond motifs is 1. The van der Waals surface area contributed by atoms with Crippen LogP contribution in [-0.4, -0.2) is 17.5 Å². The highest BCUT2D eigenvalue weighted by Crippen LogP contribution is 2.30. The molecule has 27 heavy (non-hydrogen) atoms. The summed E-state index contributed by atoms with van der Waals surface area (Å²) in [4.78, 5) is 16.8. The number of anilines is 1. The molecule has 3 aromatic carbocycles. The van der Waals surface area contributed by atoms with Crippen molar-refractivity contribution in [3.63, 3.8) is 0 Å². The zero-order valence-corrected chi connectivity index (χ0v) is 15.6. The van der Waals surface area contributed by atoms with Crippen LogP contribution in [0.2, 0.25) is 0 Å². The minimum atomic E-state index is -0.225. The Balaban J connectivity index is 1.46. The smallest absolute Gasteiger partial charge is 0.264 e. The first kappa shape index (κ1) is 17.2. The van der Waals surface area contributed by atoms with Crippen molar-refractivity contribution in [3.05, 3.63) is 77.7 Å². The number of aryl methyl sites for hydroxylation is 1. The molecule has 4 aromatic rings. The number of benzene rings is 3. The van der Waals surface area contributed by atoms with Crippen LogP contribution in [0.1, 0.15) is 5.56 Å². The Labute approximate surface area is 161 Å². The van der Waals surface area contributed by atoms with Crippen LogP contribution >= 0.6 is 11.3 Å². The Morgan fingerprint density at radius 1 is 1.04 bits per heavy atom. The summed E-state index contributed by atoms with van der Waals surface area (Å²) in [6.07, 6.45) is 0. The number of nitrogens with one attached hydrogen (secondary N) is 1. The number of rotatable bonds is 5. The second-order valence-corrected chi connectivity index (χ2v) is 7.03. The molecular weight excluding hydrogens is 356 g/mol. The van der Waals surface area contributed by atoms with Crippen molar-refractivity contribution < 1.29 is 9.53 Å². The quantitative estimate of drug-likeness (QED) is 0.516. The lowest BCUT2D eigenvalue weighted by molar-refractivity contribution is -0.118. The van der Waals surface area contributed by atoms with E-state index in [1.54, 1.807) is 0 Å². The number of aromatic nitrogens is 1. The van der Waals surface area contributed by atoms with Gasteiger partial charge in [-0.2, -0.15) is 0 Å². The fourth-order valence-corrected chi connectivity index (χ4v) is 3.65. The maximum Gasteiger partial charge on any atom is 0.264 e. The number of para-hydroxylation sites is 1. The fraction of sp³-hybridized carbons (Fsp3) is 0.0909. The minimum Gasteiger partial charge on any atom is -0.483 e. The van der Waals surface area contributed by atoms with Gasteiger partial charge in [-0.05, 0) is 29.3 Å². The largest absolute Gasteiger partial charge is 0.483 e. The molecule has 0 unspecified atom stereocenters. The van der Waals surface area contributed by atoms with Crippen LogP contribution in [0.3, 0.4) is 0 Å². The highest BCUT2D eigenvalue weighted by molar-refractivity contribution is 7.14. The molecule has 0 bridgehead atoms. The van der Waals surface area contributed by atoms with Gasteiger partial charge in [-0.25, -0.2) is 4.98 Å². The first-order chi connectivity index (χ1) is 13.2. The van der Waals surface area contributed by atoms with Crippen molar-refractivity contribution >= 4 is 33.1 Å². The van der Waals surface area contributed by atoms with E-state index in [4.69, 9.17) is 4.74 Å². The number of amides is 1. The Morgan fingerprint density at radius 3 is 2.70 bits per heavy atom. The molecule has 4 rings (SSSR count). The molecule has 0 aliphatic rings. The van der Waals surface area contributed by atoms with Gasteiger partial charge in [0.25, 0.3) is 5.91 Å². The Kier molecular flexibility index (Phi) is 4.85. The molecule has 1 aromatic heterocycles. The standard InChI is InChI=1S/C22H18N2O2S/c1-15-7-2-5-12-20(15)26-13-21(25)24-22-23-19(14-27-22)18-11-6-9-16-8-3-4-10-17(16)18/h2-12,14H,13H2,1H3,(H,23,24,25). The van der Waals surface area contributed by atoms with Gasteiger partial charge in [-0.1, -0.05) is 60.7 Å². The highest BCUT2D eigenvalue weighted by Gasteiger charge is 2.11. The van der Waals surface area contributed by atoms with Crippen LogP contribution in [0, 0.1) is 6.92 Å². The van der Waals surface area contributed by atoms with E-state index in [-0.39, 0.29) is 12.5 Å². The summed E-state index contributed by atoms with van der Waals surface area (Å²) in [6, 6.07) is 22.0. The molecule has 1 amide bonds. The van der Waals surface area contributed by atoms with Crippen molar-refractivity contribution in [1.29, 1.82) is 0 Å². The van der Waals surface area contributed by atoms with Crippen LogP contribution in [0.15, 0.2) is 72.1 Å². The zero-order chi connectivity index (χ0) is 18.6. The number of carbonyl (C=O) groups excluding carboxylic acids is 1. The van der Waals surface area contributed by atoms with Gasteiger partial charge in [-0.15, -0.1) is 11.3 Å². The molecule has 0 saturated carbocycles. The zero-order valence-electron chi connectivity index (χ0n) is 14.8. The van der Waals surface area contributed by atoms with Crippen molar-refractivity contribution in [2.45, 2.75) is 6.92 Å². The Hall–Kier alpha value is -3.18. The summed E-state index contributed by atoms with van der Waals surface area (Å²) < 4.78 is 5.58. The summed E-state index contributed by atoms with van der Waals surface area (Å²) in [7, 11) is 0. The van der Waals surface area contributed by atoms with Crippen molar-refractivity contribution in [3.8, 4) is 17.0 Å². The van der Waals surface area contributed by atoms with E-state index >= 15 is 0 Å². The molecule has 0 aliphatic carbocycles. The molecule has 1 heterocycles. The third-order valence-electron chi connectivity index (χ3n) is 4.27. The molecule has 0 radical (unpaired) electrons. The van der Waals surface area contributed by atoms with Gasteiger partial charge in [0.2, 0.25) is 0 Å². The molecular formula is C22H18N2O2S. The van der Waals surface area contributed by atoms with Crippen LogP contribution < -0.4 is 10.1 Å². The maximum atomic E-state index is 12.2. The van der Waals surface area contributed by atoms with Crippen molar-refractivity contribution in [2.24, 2.45) is 0 Å². The number of carbonyl (C=O) groups is 1. The van der Waals surface area contributed by atoms with Crippen molar-refractivity contribution in [1.82, 2.24) is 4.98 Å². The molecule has 0 aliphatic heterocycles. The highest BCUT2D eigenvalue weighted by atomic mass is 32.1. The normalized spacial score (nSPS) is 10.7. The third-order valence-corrected chi connectivity index (χ3v) is 5.03. The predicted octanol–water partition coefficient (Wildman–Crippen LogP) is 5.29. The van der Waals surface area contributed by atoms with E-state index in [2.05, 4.69) is 28.5 Å². The number of nitrogens with zero attached hydrogens (tertiary/aromatic N) is 1. The lowest BCUT2D eigenvalue weighted by atomic mass is 10.0. The monoisotopic (exact) mass is 374 g/mol.